The van der Waals surface area contributed by atoms with Crippen LogP contribution in [0.1, 0.15) is 38.1 Å². The van der Waals surface area contributed by atoms with Crippen molar-refractivity contribution in [3.8, 4) is 0 Å². The number of nitrogens with two attached hydrogens (primary N) is 1. The van der Waals surface area contributed by atoms with Gasteiger partial charge in [0, 0.05) is 26.4 Å². The van der Waals surface area contributed by atoms with Crippen LogP contribution in [-0.2, 0) is 9.47 Å². The van der Waals surface area contributed by atoms with E-state index >= 15 is 0 Å². The van der Waals surface area contributed by atoms with E-state index in [0.717, 1.165) is 39.0 Å². The van der Waals surface area contributed by atoms with Gasteiger partial charge in [-0.05, 0) is 26.2 Å². The number of anilines is 2. The zero-order chi connectivity index (χ0) is 14.4. The normalized spacial score (nSPS) is 18.4. The Labute approximate surface area is 124 Å². The highest BCUT2D eigenvalue weighted by molar-refractivity contribution is 6.32. The molecule has 2 heterocycles. The van der Waals surface area contributed by atoms with Crippen molar-refractivity contribution in [2.45, 2.75) is 32.3 Å². The standard InChI is InChI=1S/C13H21ClN4O2/c1-2-19-7-4-6-16-13-10(15)11(14)17-12(18-13)9-5-3-8-20-9/h9H,2-8,15H2,1H3,(H,16,17,18). The van der Waals surface area contributed by atoms with Gasteiger partial charge in [0.05, 0.1) is 0 Å². The molecule has 0 saturated carbocycles. The molecule has 0 aromatic carbocycles. The highest BCUT2D eigenvalue weighted by atomic mass is 35.5. The number of hydrogen-bond acceptors (Lipinski definition) is 6. The van der Waals surface area contributed by atoms with Crippen molar-refractivity contribution in [3.63, 3.8) is 0 Å². The van der Waals surface area contributed by atoms with Crippen molar-refractivity contribution in [1.82, 2.24) is 9.97 Å². The van der Waals surface area contributed by atoms with Crippen LogP contribution in [-0.4, -0.2) is 36.3 Å². The summed E-state index contributed by atoms with van der Waals surface area (Å²) in [6, 6.07) is 0. The first-order valence-corrected chi connectivity index (χ1v) is 7.36. The van der Waals surface area contributed by atoms with Gasteiger partial charge in [-0.15, -0.1) is 0 Å². The molecule has 0 spiro atoms. The molecule has 112 valence electrons. The van der Waals surface area contributed by atoms with E-state index in [1.54, 1.807) is 0 Å². The second kappa shape index (κ2) is 7.61. The number of nitrogens with zero attached hydrogens (tertiary/aromatic N) is 2. The topological polar surface area (TPSA) is 82.3 Å². The molecule has 1 atom stereocenters. The van der Waals surface area contributed by atoms with Crippen molar-refractivity contribution in [1.29, 1.82) is 0 Å². The second-order valence-corrected chi connectivity index (χ2v) is 4.97. The fourth-order valence-electron chi connectivity index (χ4n) is 2.04. The van der Waals surface area contributed by atoms with Gasteiger partial charge in [0.1, 0.15) is 11.8 Å². The molecule has 1 aromatic heterocycles. The monoisotopic (exact) mass is 300 g/mol. The number of nitrogens with one attached hydrogen (secondary N) is 1. The minimum Gasteiger partial charge on any atom is -0.393 e. The minimum atomic E-state index is -0.0722. The number of ether oxygens (including phenoxy) is 2. The van der Waals surface area contributed by atoms with E-state index in [0.29, 0.717) is 23.9 Å². The third kappa shape index (κ3) is 3.94. The van der Waals surface area contributed by atoms with Crippen LogP contribution in [0.2, 0.25) is 5.15 Å². The fourth-order valence-corrected chi connectivity index (χ4v) is 2.22. The number of rotatable bonds is 7. The molecule has 0 amide bonds. The Balaban J connectivity index is 1.99. The highest BCUT2D eigenvalue weighted by Gasteiger charge is 2.22. The predicted molar refractivity (Wildman–Crippen MR) is 79.0 cm³/mol. The first-order valence-electron chi connectivity index (χ1n) is 6.98. The van der Waals surface area contributed by atoms with Crippen molar-refractivity contribution in [3.05, 3.63) is 11.0 Å². The molecule has 20 heavy (non-hydrogen) atoms. The van der Waals surface area contributed by atoms with Crippen LogP contribution in [0.15, 0.2) is 0 Å². The molecule has 1 aromatic rings. The van der Waals surface area contributed by atoms with Crippen LogP contribution in [0.3, 0.4) is 0 Å². The maximum atomic E-state index is 6.06. The van der Waals surface area contributed by atoms with Crippen LogP contribution < -0.4 is 11.1 Å². The summed E-state index contributed by atoms with van der Waals surface area (Å²) in [4.78, 5) is 8.65. The van der Waals surface area contributed by atoms with Gasteiger partial charge in [-0.2, -0.15) is 0 Å². The molecule has 1 aliphatic rings. The van der Waals surface area contributed by atoms with Crippen molar-refractivity contribution in [2.24, 2.45) is 0 Å². The Kier molecular flexibility index (Phi) is 5.82. The van der Waals surface area contributed by atoms with Gasteiger partial charge in [0.2, 0.25) is 0 Å². The van der Waals surface area contributed by atoms with Crippen LogP contribution in [0.4, 0.5) is 11.5 Å². The van der Waals surface area contributed by atoms with Gasteiger partial charge in [-0.3, -0.25) is 0 Å². The first-order chi connectivity index (χ1) is 9.72. The molecule has 0 radical (unpaired) electrons. The summed E-state index contributed by atoms with van der Waals surface area (Å²) < 4.78 is 10.9. The molecule has 3 N–H and O–H groups in total. The summed E-state index contributed by atoms with van der Waals surface area (Å²) in [7, 11) is 0. The summed E-state index contributed by atoms with van der Waals surface area (Å²) in [6.45, 7) is 4.88. The van der Waals surface area contributed by atoms with Crippen molar-refractivity contribution >= 4 is 23.1 Å². The van der Waals surface area contributed by atoms with Gasteiger partial charge in [-0.1, -0.05) is 11.6 Å². The number of halogens is 1. The Morgan fingerprint density at radius 3 is 3.05 bits per heavy atom. The predicted octanol–water partition coefficient (Wildman–Crippen LogP) is 2.40. The van der Waals surface area contributed by atoms with E-state index in [4.69, 9.17) is 26.8 Å². The van der Waals surface area contributed by atoms with Gasteiger partial charge in [0.25, 0.3) is 0 Å². The van der Waals surface area contributed by atoms with Crippen LogP contribution >= 0.6 is 11.6 Å². The molecule has 1 unspecified atom stereocenters. The fraction of sp³-hybridized carbons (Fsp3) is 0.692. The quantitative estimate of drug-likeness (QED) is 0.594. The Hall–Kier alpha value is -1.11. The van der Waals surface area contributed by atoms with Gasteiger partial charge >= 0.3 is 0 Å². The number of hydrogen-bond donors (Lipinski definition) is 2. The average molecular weight is 301 g/mol. The lowest BCUT2D eigenvalue weighted by molar-refractivity contribution is 0.105. The molecule has 0 bridgehead atoms. The second-order valence-electron chi connectivity index (χ2n) is 4.61. The molecule has 7 heteroatoms. The van der Waals surface area contributed by atoms with E-state index < -0.39 is 0 Å². The van der Waals surface area contributed by atoms with E-state index in [2.05, 4.69) is 15.3 Å². The third-order valence-electron chi connectivity index (χ3n) is 3.10. The molecule has 1 fully saturated rings. The maximum absolute atomic E-state index is 6.06. The summed E-state index contributed by atoms with van der Waals surface area (Å²) in [5.41, 5.74) is 6.28. The smallest absolute Gasteiger partial charge is 0.161 e. The van der Waals surface area contributed by atoms with Crippen LogP contribution in [0.25, 0.3) is 0 Å². The van der Waals surface area contributed by atoms with E-state index in [9.17, 15) is 0 Å². The molecular formula is C13H21ClN4O2. The third-order valence-corrected chi connectivity index (χ3v) is 3.38. The molecule has 6 nitrogen and oxygen atoms in total. The van der Waals surface area contributed by atoms with Crippen molar-refractivity contribution in [2.75, 3.05) is 37.4 Å². The summed E-state index contributed by atoms with van der Waals surface area (Å²) >= 11 is 6.06. The Bertz CT molecular complexity index is 439. The molecule has 1 aliphatic heterocycles. The average Bonchev–Trinajstić information content (AvgIpc) is 2.97. The lowest BCUT2D eigenvalue weighted by Gasteiger charge is -2.13. The van der Waals surface area contributed by atoms with Crippen molar-refractivity contribution < 1.29 is 9.47 Å². The number of nitrogen functional groups attached to an aromatic ring is 1. The lowest BCUT2D eigenvalue weighted by Crippen LogP contribution is -2.13. The summed E-state index contributed by atoms with van der Waals surface area (Å²) in [6.07, 6.45) is 2.75. The highest BCUT2D eigenvalue weighted by Crippen LogP contribution is 2.31. The zero-order valence-corrected chi connectivity index (χ0v) is 12.4. The lowest BCUT2D eigenvalue weighted by atomic mass is 10.2. The molecular weight excluding hydrogens is 280 g/mol. The van der Waals surface area contributed by atoms with E-state index in [1.807, 2.05) is 6.92 Å². The van der Waals surface area contributed by atoms with E-state index in [1.165, 1.54) is 0 Å². The zero-order valence-electron chi connectivity index (χ0n) is 11.7. The Morgan fingerprint density at radius 1 is 1.50 bits per heavy atom. The molecule has 2 rings (SSSR count). The number of aromatic nitrogens is 2. The van der Waals surface area contributed by atoms with Crippen LogP contribution in [0.5, 0.6) is 0 Å². The summed E-state index contributed by atoms with van der Waals surface area (Å²) in [5, 5.41) is 3.46. The first kappa shape index (κ1) is 15.3. The minimum absolute atomic E-state index is 0.0722. The maximum Gasteiger partial charge on any atom is 0.161 e. The molecule has 1 saturated heterocycles. The largest absolute Gasteiger partial charge is 0.393 e. The van der Waals surface area contributed by atoms with E-state index in [-0.39, 0.29) is 11.3 Å². The van der Waals surface area contributed by atoms with Gasteiger partial charge < -0.3 is 20.5 Å². The van der Waals surface area contributed by atoms with Gasteiger partial charge in [0.15, 0.2) is 16.8 Å². The molecule has 0 aliphatic carbocycles. The van der Waals surface area contributed by atoms with Gasteiger partial charge in [-0.25, -0.2) is 9.97 Å². The SMILES string of the molecule is CCOCCCNc1nc(C2CCCO2)nc(Cl)c1N. The van der Waals surface area contributed by atoms with Crippen LogP contribution in [0, 0.1) is 0 Å². The summed E-state index contributed by atoms with van der Waals surface area (Å²) in [5.74, 6) is 1.18. The Morgan fingerprint density at radius 2 is 2.35 bits per heavy atom.